The van der Waals surface area contributed by atoms with Crippen LogP contribution in [0.25, 0.3) is 0 Å². The first kappa shape index (κ1) is 26.1. The highest BCUT2D eigenvalue weighted by Gasteiger charge is 2.35. The second-order valence-corrected chi connectivity index (χ2v) is 9.54. The molecule has 2 amide bonds. The van der Waals surface area contributed by atoms with Crippen LogP contribution in [0, 0.1) is 5.82 Å². The highest BCUT2D eigenvalue weighted by atomic mass is 32.2. The molecule has 3 aromatic carbocycles. The number of hydrogen-bond acceptors (Lipinski definition) is 6. The highest BCUT2D eigenvalue weighted by Crippen LogP contribution is 2.30. The summed E-state index contributed by atoms with van der Waals surface area (Å²) in [6.45, 7) is 0.448. The number of carbonyl (C=O) groups excluding carboxylic acids is 3. The standard InChI is InChI=1S/C28H26FN3O4S/c1-36-27(35)20-9-13-22(14-10-20)30-26(34)24-18-25(33)32(17-5-8-19-6-3-2-4-7-19)28(37-24)31-23-15-11-21(29)12-16-23/h2-4,6-7,9-16,24H,5,8,17-18H2,1H3,(H,30,34). The zero-order chi connectivity index (χ0) is 26.2. The van der Waals surface area contributed by atoms with E-state index in [1.165, 1.54) is 48.7 Å². The van der Waals surface area contributed by atoms with Crippen LogP contribution in [-0.2, 0) is 20.7 Å². The third kappa shape index (κ3) is 7.04. The number of benzene rings is 3. The molecule has 1 aliphatic heterocycles. The molecule has 3 aromatic rings. The summed E-state index contributed by atoms with van der Waals surface area (Å²) in [7, 11) is 1.30. The number of hydrogen-bond donors (Lipinski definition) is 1. The summed E-state index contributed by atoms with van der Waals surface area (Å²) in [5, 5.41) is 2.50. The number of rotatable bonds is 8. The Morgan fingerprint density at radius 1 is 1.05 bits per heavy atom. The van der Waals surface area contributed by atoms with Crippen LogP contribution in [0.3, 0.4) is 0 Å². The number of aliphatic imine (C=N–C) groups is 1. The molecule has 0 saturated carbocycles. The number of carbonyl (C=O) groups is 3. The molecule has 9 heteroatoms. The SMILES string of the molecule is COC(=O)c1ccc(NC(=O)C2CC(=O)N(CCCc3ccccc3)C(=Nc3ccc(F)cc3)S2)cc1. The molecule has 0 aliphatic carbocycles. The number of ether oxygens (including phenoxy) is 1. The van der Waals surface area contributed by atoms with Crippen molar-refractivity contribution in [2.75, 3.05) is 19.0 Å². The molecule has 1 heterocycles. The van der Waals surface area contributed by atoms with Crippen molar-refractivity contribution in [3.8, 4) is 0 Å². The number of esters is 1. The summed E-state index contributed by atoms with van der Waals surface area (Å²) < 4.78 is 18.1. The lowest BCUT2D eigenvalue weighted by molar-refractivity contribution is -0.129. The Hall–Kier alpha value is -3.98. The normalized spacial score (nSPS) is 16.5. The average Bonchev–Trinajstić information content (AvgIpc) is 2.91. The molecule has 1 unspecified atom stereocenters. The Morgan fingerprint density at radius 2 is 1.76 bits per heavy atom. The molecule has 1 atom stereocenters. The van der Waals surface area contributed by atoms with E-state index in [0.717, 1.165) is 12.8 Å². The van der Waals surface area contributed by atoms with Gasteiger partial charge in [0.05, 0.1) is 18.4 Å². The quantitative estimate of drug-likeness (QED) is 0.413. The van der Waals surface area contributed by atoms with Gasteiger partial charge in [-0.05, 0) is 66.9 Å². The van der Waals surface area contributed by atoms with Crippen molar-refractivity contribution in [1.29, 1.82) is 0 Å². The molecular formula is C28H26FN3O4S. The van der Waals surface area contributed by atoms with E-state index < -0.39 is 11.2 Å². The maximum atomic E-state index is 13.4. The lowest BCUT2D eigenvalue weighted by atomic mass is 10.1. The van der Waals surface area contributed by atoms with Gasteiger partial charge < -0.3 is 10.1 Å². The first-order valence-corrected chi connectivity index (χ1v) is 12.7. The second kappa shape index (κ2) is 12.3. The summed E-state index contributed by atoms with van der Waals surface area (Å²) in [6, 6.07) is 22.0. The van der Waals surface area contributed by atoms with Crippen molar-refractivity contribution < 1.29 is 23.5 Å². The fourth-order valence-corrected chi connectivity index (χ4v) is 4.93. The Labute approximate surface area is 218 Å². The van der Waals surface area contributed by atoms with E-state index in [-0.39, 0.29) is 24.1 Å². The lowest BCUT2D eigenvalue weighted by Crippen LogP contribution is -2.45. The van der Waals surface area contributed by atoms with Gasteiger partial charge in [0.2, 0.25) is 11.8 Å². The van der Waals surface area contributed by atoms with Crippen molar-refractivity contribution >= 4 is 46.1 Å². The Morgan fingerprint density at radius 3 is 2.43 bits per heavy atom. The highest BCUT2D eigenvalue weighted by molar-refractivity contribution is 8.15. The van der Waals surface area contributed by atoms with Gasteiger partial charge in [-0.3, -0.25) is 14.5 Å². The number of aryl methyl sites for hydroxylation is 1. The van der Waals surface area contributed by atoms with E-state index in [1.54, 1.807) is 29.2 Å². The molecule has 190 valence electrons. The van der Waals surface area contributed by atoms with Crippen molar-refractivity contribution in [3.05, 3.63) is 95.8 Å². The molecular weight excluding hydrogens is 493 g/mol. The first-order chi connectivity index (χ1) is 17.9. The predicted molar refractivity (Wildman–Crippen MR) is 142 cm³/mol. The number of halogens is 1. The zero-order valence-electron chi connectivity index (χ0n) is 20.2. The van der Waals surface area contributed by atoms with E-state index in [1.807, 2.05) is 30.3 Å². The van der Waals surface area contributed by atoms with Gasteiger partial charge in [-0.25, -0.2) is 14.2 Å². The number of methoxy groups -OCH3 is 1. The topological polar surface area (TPSA) is 88.1 Å². The van der Waals surface area contributed by atoms with Gasteiger partial charge in [0.15, 0.2) is 5.17 Å². The summed E-state index contributed by atoms with van der Waals surface area (Å²) >= 11 is 1.20. The van der Waals surface area contributed by atoms with Crippen molar-refractivity contribution in [2.45, 2.75) is 24.5 Å². The molecule has 0 aromatic heterocycles. The minimum atomic E-state index is -0.697. The van der Waals surface area contributed by atoms with Gasteiger partial charge in [-0.1, -0.05) is 42.1 Å². The number of amides is 2. The number of anilines is 1. The third-order valence-electron chi connectivity index (χ3n) is 5.75. The molecule has 0 bridgehead atoms. The predicted octanol–water partition coefficient (Wildman–Crippen LogP) is 5.21. The summed E-state index contributed by atoms with van der Waals surface area (Å²) in [5.41, 5.74) is 2.52. The van der Waals surface area contributed by atoms with Crippen molar-refractivity contribution in [2.24, 2.45) is 4.99 Å². The van der Waals surface area contributed by atoms with Gasteiger partial charge in [0.25, 0.3) is 0 Å². The first-order valence-electron chi connectivity index (χ1n) is 11.8. The maximum absolute atomic E-state index is 13.4. The average molecular weight is 520 g/mol. The van der Waals surface area contributed by atoms with Gasteiger partial charge in [-0.2, -0.15) is 0 Å². The molecule has 1 aliphatic rings. The van der Waals surface area contributed by atoms with Crippen LogP contribution >= 0.6 is 11.8 Å². The number of thioether (sulfide) groups is 1. The van der Waals surface area contributed by atoms with Crippen LogP contribution in [0.5, 0.6) is 0 Å². The van der Waals surface area contributed by atoms with E-state index in [4.69, 9.17) is 0 Å². The largest absolute Gasteiger partial charge is 0.465 e. The number of nitrogens with zero attached hydrogens (tertiary/aromatic N) is 2. The molecule has 1 saturated heterocycles. The Balaban J connectivity index is 1.48. The molecule has 0 spiro atoms. The van der Waals surface area contributed by atoms with E-state index >= 15 is 0 Å². The lowest BCUT2D eigenvalue weighted by Gasteiger charge is -2.32. The van der Waals surface area contributed by atoms with Gasteiger partial charge >= 0.3 is 5.97 Å². The third-order valence-corrected chi connectivity index (χ3v) is 6.93. The van der Waals surface area contributed by atoms with Crippen molar-refractivity contribution in [1.82, 2.24) is 4.90 Å². The summed E-state index contributed by atoms with van der Waals surface area (Å²) in [6.07, 6.45) is 1.54. The van der Waals surface area contributed by atoms with Gasteiger partial charge in [0.1, 0.15) is 11.1 Å². The van der Waals surface area contributed by atoms with Crippen LogP contribution in [-0.4, -0.2) is 46.8 Å². The summed E-state index contributed by atoms with van der Waals surface area (Å²) in [5.74, 6) is -1.40. The summed E-state index contributed by atoms with van der Waals surface area (Å²) in [4.78, 5) is 44.0. The number of amidine groups is 1. The van der Waals surface area contributed by atoms with E-state index in [2.05, 4.69) is 15.0 Å². The molecule has 1 N–H and O–H groups in total. The molecule has 37 heavy (non-hydrogen) atoms. The second-order valence-electron chi connectivity index (χ2n) is 8.37. The van der Waals surface area contributed by atoms with Crippen LogP contribution in [0.4, 0.5) is 15.8 Å². The van der Waals surface area contributed by atoms with Crippen molar-refractivity contribution in [3.63, 3.8) is 0 Å². The molecule has 7 nitrogen and oxygen atoms in total. The fourth-order valence-electron chi connectivity index (χ4n) is 3.80. The van der Waals surface area contributed by atoms with Crippen LogP contribution < -0.4 is 5.32 Å². The monoisotopic (exact) mass is 519 g/mol. The van der Waals surface area contributed by atoms with Crippen LogP contribution in [0.1, 0.15) is 28.8 Å². The molecule has 0 radical (unpaired) electrons. The minimum absolute atomic E-state index is 0.0184. The Bertz CT molecular complexity index is 1280. The van der Waals surface area contributed by atoms with Crippen LogP contribution in [0.15, 0.2) is 83.9 Å². The molecule has 4 rings (SSSR count). The smallest absolute Gasteiger partial charge is 0.337 e. The van der Waals surface area contributed by atoms with Crippen LogP contribution in [0.2, 0.25) is 0 Å². The van der Waals surface area contributed by atoms with Gasteiger partial charge in [-0.15, -0.1) is 0 Å². The van der Waals surface area contributed by atoms with E-state index in [0.29, 0.717) is 28.7 Å². The number of nitrogens with one attached hydrogen (secondary N) is 1. The fraction of sp³-hybridized carbons (Fsp3) is 0.214. The minimum Gasteiger partial charge on any atom is -0.465 e. The maximum Gasteiger partial charge on any atom is 0.337 e. The zero-order valence-corrected chi connectivity index (χ0v) is 21.0. The van der Waals surface area contributed by atoms with E-state index in [9.17, 15) is 18.8 Å². The van der Waals surface area contributed by atoms with Gasteiger partial charge in [0, 0.05) is 18.7 Å². The molecule has 1 fully saturated rings. The Kier molecular flexibility index (Phi) is 8.68.